The monoisotopic (exact) mass is 254 g/mol. The maximum absolute atomic E-state index is 5.30. The molecule has 2 rings (SSSR count). The van der Waals surface area contributed by atoms with E-state index in [1.807, 2.05) is 16.5 Å². The highest BCUT2D eigenvalue weighted by atomic mass is 79.9. The number of halogens is 1. The first-order valence-electron chi connectivity index (χ1n) is 4.46. The third-order valence-electron chi connectivity index (χ3n) is 2.23. The van der Waals surface area contributed by atoms with Crippen molar-refractivity contribution in [2.24, 2.45) is 0 Å². The Morgan fingerprint density at radius 1 is 1.50 bits per heavy atom. The van der Waals surface area contributed by atoms with Crippen molar-refractivity contribution in [2.45, 2.75) is 13.3 Å². The normalized spacial score (nSPS) is 10.8. The van der Waals surface area contributed by atoms with Crippen LogP contribution < -0.4 is 4.74 Å². The van der Waals surface area contributed by atoms with Gasteiger partial charge in [-0.1, -0.05) is 6.92 Å². The Labute approximate surface area is 90.8 Å². The highest BCUT2D eigenvalue weighted by molar-refractivity contribution is 9.10. The summed E-state index contributed by atoms with van der Waals surface area (Å²) in [6.07, 6.45) is 2.71. The number of fused-ring (bicyclic) bond motifs is 1. The molecule has 4 heteroatoms. The highest BCUT2D eigenvalue weighted by Crippen LogP contribution is 2.26. The Morgan fingerprint density at radius 3 is 2.93 bits per heavy atom. The van der Waals surface area contributed by atoms with E-state index in [0.717, 1.165) is 28.0 Å². The van der Waals surface area contributed by atoms with Gasteiger partial charge in [0.15, 0.2) is 0 Å². The molecule has 0 atom stereocenters. The smallest absolute Gasteiger partial charge is 0.144 e. The van der Waals surface area contributed by atoms with Gasteiger partial charge in [-0.25, -0.2) is 4.98 Å². The van der Waals surface area contributed by atoms with E-state index in [4.69, 9.17) is 4.74 Å². The van der Waals surface area contributed by atoms with Gasteiger partial charge in [0.1, 0.15) is 17.6 Å². The van der Waals surface area contributed by atoms with E-state index >= 15 is 0 Å². The van der Waals surface area contributed by atoms with E-state index in [1.165, 1.54) is 0 Å². The van der Waals surface area contributed by atoms with Crippen molar-refractivity contribution in [3.05, 3.63) is 28.8 Å². The summed E-state index contributed by atoms with van der Waals surface area (Å²) in [5.41, 5.74) is 2.10. The van der Waals surface area contributed by atoms with Crippen molar-refractivity contribution in [2.75, 3.05) is 7.11 Å². The first kappa shape index (κ1) is 9.52. The van der Waals surface area contributed by atoms with Crippen LogP contribution in [0, 0.1) is 0 Å². The zero-order valence-electron chi connectivity index (χ0n) is 8.12. The van der Waals surface area contributed by atoms with Crippen molar-refractivity contribution in [3.63, 3.8) is 0 Å². The van der Waals surface area contributed by atoms with Crippen molar-refractivity contribution in [1.29, 1.82) is 0 Å². The number of aryl methyl sites for hydroxylation is 1. The number of aromatic nitrogens is 2. The molecular weight excluding hydrogens is 244 g/mol. The lowest BCUT2D eigenvalue weighted by Gasteiger charge is -2.05. The van der Waals surface area contributed by atoms with E-state index in [2.05, 4.69) is 27.8 Å². The second-order valence-corrected chi connectivity index (χ2v) is 3.80. The van der Waals surface area contributed by atoms with E-state index in [-0.39, 0.29) is 0 Å². The second kappa shape index (κ2) is 3.61. The molecule has 0 N–H and O–H groups in total. The fourth-order valence-electron chi connectivity index (χ4n) is 1.54. The summed E-state index contributed by atoms with van der Waals surface area (Å²) in [6.45, 7) is 2.09. The molecule has 0 amide bonds. The summed E-state index contributed by atoms with van der Waals surface area (Å²) in [5.74, 6) is 0.863. The van der Waals surface area contributed by atoms with Gasteiger partial charge in [0, 0.05) is 0 Å². The topological polar surface area (TPSA) is 26.5 Å². The number of imidazole rings is 1. The Hall–Kier alpha value is -1.03. The average molecular weight is 255 g/mol. The number of rotatable bonds is 2. The summed E-state index contributed by atoms with van der Waals surface area (Å²) in [6, 6.07) is 3.90. The number of methoxy groups -OCH3 is 1. The third-order valence-corrected chi connectivity index (χ3v) is 2.88. The third kappa shape index (κ3) is 1.30. The maximum atomic E-state index is 5.30. The molecule has 2 aromatic rings. The van der Waals surface area contributed by atoms with E-state index in [0.29, 0.717) is 0 Å². The Kier molecular flexibility index (Phi) is 2.46. The number of pyridine rings is 1. The minimum absolute atomic E-state index is 0.863. The SMILES string of the molecule is CCc1ncn2c(Br)ccc(OC)c12. The Balaban J connectivity index is 2.82. The van der Waals surface area contributed by atoms with Gasteiger partial charge in [0.25, 0.3) is 0 Å². The summed E-state index contributed by atoms with van der Waals surface area (Å²) in [7, 11) is 1.68. The van der Waals surface area contributed by atoms with Crippen LogP contribution in [-0.4, -0.2) is 16.5 Å². The number of ether oxygens (including phenoxy) is 1. The molecule has 2 heterocycles. The quantitative estimate of drug-likeness (QED) is 0.771. The predicted molar refractivity (Wildman–Crippen MR) is 58.8 cm³/mol. The van der Waals surface area contributed by atoms with Crippen molar-refractivity contribution in [1.82, 2.24) is 9.38 Å². The lowest BCUT2D eigenvalue weighted by atomic mass is 10.2. The van der Waals surface area contributed by atoms with E-state index in [9.17, 15) is 0 Å². The molecule has 0 saturated heterocycles. The summed E-state index contributed by atoms with van der Waals surface area (Å²) >= 11 is 3.47. The zero-order chi connectivity index (χ0) is 10.1. The van der Waals surface area contributed by atoms with Gasteiger partial charge >= 0.3 is 0 Å². The van der Waals surface area contributed by atoms with E-state index < -0.39 is 0 Å². The van der Waals surface area contributed by atoms with Gasteiger partial charge in [-0.3, -0.25) is 4.40 Å². The molecule has 0 aromatic carbocycles. The number of nitrogens with zero attached hydrogens (tertiary/aromatic N) is 2. The molecule has 2 aromatic heterocycles. The molecule has 0 aliphatic rings. The van der Waals surface area contributed by atoms with Crippen LogP contribution in [0.4, 0.5) is 0 Å². The maximum Gasteiger partial charge on any atom is 0.144 e. The molecule has 0 bridgehead atoms. The number of hydrogen-bond acceptors (Lipinski definition) is 2. The lowest BCUT2D eigenvalue weighted by molar-refractivity contribution is 0.417. The first-order valence-corrected chi connectivity index (χ1v) is 5.25. The fourth-order valence-corrected chi connectivity index (χ4v) is 1.94. The molecule has 0 fully saturated rings. The van der Waals surface area contributed by atoms with Crippen LogP contribution in [0.1, 0.15) is 12.6 Å². The van der Waals surface area contributed by atoms with Crippen LogP contribution in [0.2, 0.25) is 0 Å². The van der Waals surface area contributed by atoms with E-state index in [1.54, 1.807) is 13.4 Å². The highest BCUT2D eigenvalue weighted by Gasteiger charge is 2.09. The van der Waals surface area contributed by atoms with Crippen molar-refractivity contribution in [3.8, 4) is 5.75 Å². The predicted octanol–water partition coefficient (Wildman–Crippen LogP) is 2.67. The zero-order valence-corrected chi connectivity index (χ0v) is 9.71. The lowest BCUT2D eigenvalue weighted by Crippen LogP contribution is -1.92. The molecule has 0 unspecified atom stereocenters. The van der Waals surface area contributed by atoms with Gasteiger partial charge in [-0.2, -0.15) is 0 Å². The minimum atomic E-state index is 0.863. The van der Waals surface area contributed by atoms with Crippen LogP contribution in [0.3, 0.4) is 0 Å². The molecule has 0 radical (unpaired) electrons. The van der Waals surface area contributed by atoms with Gasteiger partial charge in [0.2, 0.25) is 0 Å². The standard InChI is InChI=1S/C10H11BrN2O/c1-3-7-10-8(14-2)4-5-9(11)13(10)6-12-7/h4-6H,3H2,1-2H3. The van der Waals surface area contributed by atoms with Crippen LogP contribution >= 0.6 is 15.9 Å². The summed E-state index contributed by atoms with van der Waals surface area (Å²) in [4.78, 5) is 4.34. The van der Waals surface area contributed by atoms with Crippen LogP contribution in [0.5, 0.6) is 5.75 Å². The van der Waals surface area contributed by atoms with Crippen LogP contribution in [0.25, 0.3) is 5.52 Å². The van der Waals surface area contributed by atoms with Crippen LogP contribution in [-0.2, 0) is 6.42 Å². The molecule has 74 valence electrons. The second-order valence-electron chi connectivity index (χ2n) is 2.99. The Morgan fingerprint density at radius 2 is 2.29 bits per heavy atom. The minimum Gasteiger partial charge on any atom is -0.494 e. The van der Waals surface area contributed by atoms with Gasteiger partial charge in [-0.05, 0) is 34.5 Å². The first-order chi connectivity index (χ1) is 6.77. The molecule has 14 heavy (non-hydrogen) atoms. The molecule has 3 nitrogen and oxygen atoms in total. The Bertz CT molecular complexity index is 464. The largest absolute Gasteiger partial charge is 0.494 e. The van der Waals surface area contributed by atoms with Crippen molar-refractivity contribution >= 4 is 21.4 Å². The molecule has 0 spiro atoms. The molecule has 0 saturated carbocycles. The average Bonchev–Trinajstić information content (AvgIpc) is 2.63. The van der Waals surface area contributed by atoms with Crippen molar-refractivity contribution < 1.29 is 4.74 Å². The number of hydrogen-bond donors (Lipinski definition) is 0. The molecule has 0 aliphatic heterocycles. The summed E-state index contributed by atoms with van der Waals surface area (Å²) in [5, 5.41) is 0. The fraction of sp³-hybridized carbons (Fsp3) is 0.300. The molecular formula is C10H11BrN2O. The van der Waals surface area contributed by atoms with Gasteiger partial charge in [-0.15, -0.1) is 0 Å². The molecule has 0 aliphatic carbocycles. The van der Waals surface area contributed by atoms with Crippen LogP contribution in [0.15, 0.2) is 23.1 Å². The summed E-state index contributed by atoms with van der Waals surface area (Å²) < 4.78 is 8.27. The van der Waals surface area contributed by atoms with Gasteiger partial charge in [0.05, 0.1) is 17.4 Å². The van der Waals surface area contributed by atoms with Gasteiger partial charge < -0.3 is 4.74 Å².